The highest BCUT2D eigenvalue weighted by Crippen LogP contribution is 2.47. The number of imide groups is 1. The molecule has 0 radical (unpaired) electrons. The molecule has 4 nitrogen and oxygen atoms in total. The Kier molecular flexibility index (Phi) is 1.55. The van der Waals surface area contributed by atoms with Crippen molar-refractivity contribution in [2.75, 3.05) is 6.54 Å². The first-order chi connectivity index (χ1) is 5.90. The van der Waals surface area contributed by atoms with E-state index in [1.165, 1.54) is 4.90 Å². The van der Waals surface area contributed by atoms with Crippen LogP contribution in [0.2, 0.25) is 0 Å². The van der Waals surface area contributed by atoms with Gasteiger partial charge in [-0.3, -0.25) is 14.5 Å². The van der Waals surface area contributed by atoms with E-state index in [1.54, 1.807) is 0 Å². The Hall–Kier alpha value is -0.900. The van der Waals surface area contributed by atoms with E-state index >= 15 is 0 Å². The molecule has 2 amide bonds. The SMILES string of the molecule is CC(C)(N)CN1C(=O)C2CC2C1=O. The maximum atomic E-state index is 11.5. The van der Waals surface area contributed by atoms with Crippen LogP contribution in [0.1, 0.15) is 20.3 Å². The van der Waals surface area contributed by atoms with Gasteiger partial charge in [-0.05, 0) is 20.3 Å². The van der Waals surface area contributed by atoms with Gasteiger partial charge in [0.1, 0.15) is 0 Å². The summed E-state index contributed by atoms with van der Waals surface area (Å²) in [6, 6.07) is 0. The molecule has 2 fully saturated rings. The van der Waals surface area contributed by atoms with Gasteiger partial charge in [0.05, 0.1) is 11.8 Å². The summed E-state index contributed by atoms with van der Waals surface area (Å²) in [5.74, 6) is -0.0493. The molecule has 0 bridgehead atoms. The number of amides is 2. The number of hydrogen-bond acceptors (Lipinski definition) is 3. The van der Waals surface area contributed by atoms with Crippen LogP contribution >= 0.6 is 0 Å². The molecule has 0 aromatic rings. The summed E-state index contributed by atoms with van der Waals surface area (Å²) in [6.45, 7) is 3.98. The van der Waals surface area contributed by atoms with Crippen LogP contribution in [0.15, 0.2) is 0 Å². The first-order valence-corrected chi connectivity index (χ1v) is 4.54. The average molecular weight is 182 g/mol. The van der Waals surface area contributed by atoms with Crippen LogP contribution in [0.4, 0.5) is 0 Å². The fourth-order valence-electron chi connectivity index (χ4n) is 1.81. The van der Waals surface area contributed by atoms with Gasteiger partial charge < -0.3 is 5.73 Å². The lowest BCUT2D eigenvalue weighted by Crippen LogP contribution is -2.48. The van der Waals surface area contributed by atoms with Gasteiger partial charge in [-0.25, -0.2) is 0 Å². The molecule has 13 heavy (non-hydrogen) atoms. The molecule has 1 aliphatic heterocycles. The van der Waals surface area contributed by atoms with Crippen LogP contribution < -0.4 is 5.73 Å². The lowest BCUT2D eigenvalue weighted by Gasteiger charge is -2.25. The lowest BCUT2D eigenvalue weighted by atomic mass is 10.1. The molecule has 0 aromatic carbocycles. The van der Waals surface area contributed by atoms with Crippen molar-refractivity contribution in [3.8, 4) is 0 Å². The van der Waals surface area contributed by atoms with E-state index in [0.717, 1.165) is 6.42 Å². The van der Waals surface area contributed by atoms with Gasteiger partial charge >= 0.3 is 0 Å². The first kappa shape index (κ1) is 8.69. The minimum Gasteiger partial charge on any atom is -0.324 e. The second-order valence-electron chi connectivity index (χ2n) is 4.70. The second kappa shape index (κ2) is 2.32. The molecule has 2 N–H and O–H groups in total. The summed E-state index contributed by atoms with van der Waals surface area (Å²) >= 11 is 0. The Bertz CT molecular complexity index is 260. The molecule has 1 saturated heterocycles. The summed E-state index contributed by atoms with van der Waals surface area (Å²) in [7, 11) is 0. The van der Waals surface area contributed by atoms with E-state index in [2.05, 4.69) is 0 Å². The van der Waals surface area contributed by atoms with Crippen molar-refractivity contribution in [2.24, 2.45) is 17.6 Å². The number of piperidine rings is 1. The van der Waals surface area contributed by atoms with Crippen molar-refractivity contribution in [3.05, 3.63) is 0 Å². The Morgan fingerprint density at radius 2 is 1.85 bits per heavy atom. The van der Waals surface area contributed by atoms with Gasteiger partial charge in [0.15, 0.2) is 0 Å². The van der Waals surface area contributed by atoms with E-state index in [-0.39, 0.29) is 23.7 Å². The van der Waals surface area contributed by atoms with Crippen molar-refractivity contribution >= 4 is 11.8 Å². The zero-order chi connectivity index (χ0) is 9.80. The van der Waals surface area contributed by atoms with Crippen LogP contribution in [0, 0.1) is 11.8 Å². The zero-order valence-electron chi connectivity index (χ0n) is 7.91. The number of carbonyl (C=O) groups excluding carboxylic acids is 2. The summed E-state index contributed by atoms with van der Waals surface area (Å²) in [4.78, 5) is 24.3. The van der Waals surface area contributed by atoms with Gasteiger partial charge in [0.25, 0.3) is 0 Å². The van der Waals surface area contributed by atoms with Crippen LogP contribution in [0.3, 0.4) is 0 Å². The van der Waals surface area contributed by atoms with Crippen molar-refractivity contribution < 1.29 is 9.59 Å². The van der Waals surface area contributed by atoms with Gasteiger partial charge in [0, 0.05) is 12.1 Å². The number of carbonyl (C=O) groups is 2. The minimum atomic E-state index is -0.484. The summed E-state index contributed by atoms with van der Waals surface area (Å²) in [5, 5.41) is 0. The van der Waals surface area contributed by atoms with Crippen LogP contribution in [-0.2, 0) is 9.59 Å². The molecule has 2 atom stereocenters. The van der Waals surface area contributed by atoms with E-state index in [9.17, 15) is 9.59 Å². The quantitative estimate of drug-likeness (QED) is 0.598. The lowest BCUT2D eigenvalue weighted by molar-refractivity contribution is -0.142. The topological polar surface area (TPSA) is 63.4 Å². The summed E-state index contributed by atoms with van der Waals surface area (Å²) in [6.07, 6.45) is 0.763. The number of rotatable bonds is 2. The third-order valence-corrected chi connectivity index (χ3v) is 2.52. The number of hydrogen-bond donors (Lipinski definition) is 1. The van der Waals surface area contributed by atoms with Crippen molar-refractivity contribution in [3.63, 3.8) is 0 Å². The largest absolute Gasteiger partial charge is 0.324 e. The fourth-order valence-corrected chi connectivity index (χ4v) is 1.81. The molecule has 1 heterocycles. The number of likely N-dealkylation sites (tertiary alicyclic amines) is 1. The highest BCUT2D eigenvalue weighted by Gasteiger charge is 2.59. The maximum absolute atomic E-state index is 11.5. The Balaban J connectivity index is 2.09. The molecule has 0 spiro atoms. The third-order valence-electron chi connectivity index (χ3n) is 2.52. The van der Waals surface area contributed by atoms with Crippen molar-refractivity contribution in [1.29, 1.82) is 0 Å². The number of nitrogens with zero attached hydrogens (tertiary/aromatic N) is 1. The van der Waals surface area contributed by atoms with E-state index < -0.39 is 5.54 Å². The molecule has 4 heteroatoms. The van der Waals surface area contributed by atoms with Crippen molar-refractivity contribution in [2.45, 2.75) is 25.8 Å². The number of fused-ring (bicyclic) bond motifs is 1. The number of nitrogens with two attached hydrogens (primary N) is 1. The van der Waals surface area contributed by atoms with Gasteiger partial charge in [-0.15, -0.1) is 0 Å². The molecule has 2 unspecified atom stereocenters. The minimum absolute atomic E-state index is 0.00477. The Morgan fingerprint density at radius 1 is 1.38 bits per heavy atom. The predicted octanol–water partition coefficient (Wildman–Crippen LogP) is -0.271. The fraction of sp³-hybridized carbons (Fsp3) is 0.778. The summed E-state index contributed by atoms with van der Waals surface area (Å²) in [5.41, 5.74) is 5.27. The first-order valence-electron chi connectivity index (χ1n) is 4.54. The van der Waals surface area contributed by atoms with E-state index in [1.807, 2.05) is 13.8 Å². The normalized spacial score (nSPS) is 32.4. The van der Waals surface area contributed by atoms with E-state index in [4.69, 9.17) is 5.73 Å². The average Bonchev–Trinajstić information content (AvgIpc) is 2.69. The van der Waals surface area contributed by atoms with Crippen LogP contribution in [0.5, 0.6) is 0 Å². The van der Waals surface area contributed by atoms with Gasteiger partial charge in [-0.1, -0.05) is 0 Å². The maximum Gasteiger partial charge on any atom is 0.233 e. The van der Waals surface area contributed by atoms with Gasteiger partial charge in [-0.2, -0.15) is 0 Å². The molecule has 2 rings (SSSR count). The van der Waals surface area contributed by atoms with E-state index in [0.29, 0.717) is 6.54 Å². The molecule has 72 valence electrons. The summed E-state index contributed by atoms with van der Waals surface area (Å²) < 4.78 is 0. The highest BCUT2D eigenvalue weighted by molar-refractivity contribution is 6.08. The molecule has 1 saturated carbocycles. The Labute approximate surface area is 77.1 Å². The zero-order valence-corrected chi connectivity index (χ0v) is 7.91. The highest BCUT2D eigenvalue weighted by atomic mass is 16.2. The van der Waals surface area contributed by atoms with Gasteiger partial charge in [0.2, 0.25) is 11.8 Å². The van der Waals surface area contributed by atoms with Crippen LogP contribution in [0.25, 0.3) is 0 Å². The third kappa shape index (κ3) is 1.35. The standard InChI is InChI=1S/C9H14N2O2/c1-9(2,10)4-11-7(12)5-3-6(5)8(11)13/h5-6H,3-4,10H2,1-2H3. The molecule has 2 aliphatic rings. The van der Waals surface area contributed by atoms with Crippen LogP contribution in [-0.4, -0.2) is 28.8 Å². The van der Waals surface area contributed by atoms with Crippen molar-refractivity contribution in [1.82, 2.24) is 4.90 Å². The predicted molar refractivity (Wildman–Crippen MR) is 46.6 cm³/mol. The molecular formula is C9H14N2O2. The monoisotopic (exact) mass is 182 g/mol. The second-order valence-corrected chi connectivity index (χ2v) is 4.70. The smallest absolute Gasteiger partial charge is 0.233 e. The molecular weight excluding hydrogens is 168 g/mol. The molecule has 1 aliphatic carbocycles. The Morgan fingerprint density at radius 3 is 2.23 bits per heavy atom. The molecule has 0 aromatic heterocycles.